The third-order valence-corrected chi connectivity index (χ3v) is 2.86. The fourth-order valence-electron chi connectivity index (χ4n) is 1.39. The van der Waals surface area contributed by atoms with Crippen LogP contribution in [0.4, 0.5) is 9.59 Å². The highest BCUT2D eigenvalue weighted by Gasteiger charge is 2.26. The Bertz CT molecular complexity index is 280. The van der Waals surface area contributed by atoms with E-state index in [-0.39, 0.29) is 10.0 Å². The number of hydrogen-bond donors (Lipinski definition) is 0. The first-order valence-electron chi connectivity index (χ1n) is 5.22. The molecule has 0 aliphatic carbocycles. The molecule has 0 unspecified atom stereocenters. The van der Waals surface area contributed by atoms with Gasteiger partial charge in [0, 0.05) is 48.8 Å². The predicted octanol–water partition coefficient (Wildman–Crippen LogP) is 2.09. The third kappa shape index (κ3) is 4.15. The lowest BCUT2D eigenvalue weighted by Gasteiger charge is -2.34. The molecule has 5 nitrogen and oxygen atoms in total. The molecule has 16 heavy (non-hydrogen) atoms. The Morgan fingerprint density at radius 1 is 1.06 bits per heavy atom. The van der Waals surface area contributed by atoms with Gasteiger partial charge in [0.2, 0.25) is 0 Å². The first-order chi connectivity index (χ1) is 7.29. The summed E-state index contributed by atoms with van der Waals surface area (Å²) in [5.74, 6) is 0. The smallest absolute Gasteiger partial charge is 0.410 e. The van der Waals surface area contributed by atoms with E-state index in [1.54, 1.807) is 32.4 Å². The Hall–Kier alpha value is -0.530. The fraction of sp³-hybridized carbons (Fsp3) is 0.800. The van der Waals surface area contributed by atoms with E-state index < -0.39 is 5.60 Å². The van der Waals surface area contributed by atoms with Crippen LogP contribution in [0.15, 0.2) is 0 Å². The highest BCUT2D eigenvalue weighted by atomic mass is 127. The first-order valence-corrected chi connectivity index (χ1v) is 6.30. The molecular weight excluding hydrogens is 323 g/mol. The van der Waals surface area contributed by atoms with Gasteiger partial charge in [0.15, 0.2) is 0 Å². The molecule has 0 aromatic heterocycles. The minimum Gasteiger partial charge on any atom is -0.444 e. The number of nitrogens with zero attached hydrogens (tertiary/aromatic N) is 2. The molecule has 92 valence electrons. The van der Waals surface area contributed by atoms with Crippen molar-refractivity contribution < 1.29 is 14.3 Å². The zero-order chi connectivity index (χ0) is 12.3. The molecule has 1 aliphatic heterocycles. The van der Waals surface area contributed by atoms with Gasteiger partial charge < -0.3 is 14.5 Å². The molecule has 0 atom stereocenters. The third-order valence-electron chi connectivity index (χ3n) is 2.18. The minimum absolute atomic E-state index is 0.0291. The standard InChI is InChI=1S/C10H17IN2O3/c1-10(2,3)16-9(15)13-6-4-12(5-7-13)8(11)14/h4-7H2,1-3H3. The molecule has 0 aromatic rings. The van der Waals surface area contributed by atoms with Crippen LogP contribution in [0.2, 0.25) is 0 Å². The number of halogens is 1. The van der Waals surface area contributed by atoms with Crippen LogP contribution in [-0.2, 0) is 4.74 Å². The molecule has 1 rings (SSSR count). The van der Waals surface area contributed by atoms with E-state index in [0.717, 1.165) is 0 Å². The highest BCUT2D eigenvalue weighted by molar-refractivity contribution is 14.1. The van der Waals surface area contributed by atoms with E-state index >= 15 is 0 Å². The SMILES string of the molecule is CC(C)(C)OC(=O)N1CCN(C(=O)I)CC1. The lowest BCUT2D eigenvalue weighted by Crippen LogP contribution is -2.50. The summed E-state index contributed by atoms with van der Waals surface area (Å²) in [6.45, 7) is 7.79. The van der Waals surface area contributed by atoms with Crippen molar-refractivity contribution in [1.82, 2.24) is 9.80 Å². The van der Waals surface area contributed by atoms with Gasteiger partial charge in [-0.15, -0.1) is 0 Å². The number of carbonyl (C=O) groups is 2. The zero-order valence-corrected chi connectivity index (χ0v) is 12.0. The largest absolute Gasteiger partial charge is 0.444 e. The number of amides is 2. The normalized spacial score (nSPS) is 17.2. The summed E-state index contributed by atoms with van der Waals surface area (Å²) >= 11 is 1.76. The van der Waals surface area contributed by atoms with E-state index in [2.05, 4.69) is 0 Å². The van der Waals surface area contributed by atoms with Gasteiger partial charge >= 0.3 is 6.09 Å². The molecular formula is C10H17IN2O3. The van der Waals surface area contributed by atoms with Crippen molar-refractivity contribution in [2.75, 3.05) is 26.2 Å². The van der Waals surface area contributed by atoms with Crippen LogP contribution in [0.3, 0.4) is 0 Å². The van der Waals surface area contributed by atoms with Crippen LogP contribution in [0, 0.1) is 0 Å². The molecule has 1 aliphatic rings. The summed E-state index contributed by atoms with van der Waals surface area (Å²) in [4.78, 5) is 26.1. The molecule has 2 amide bonds. The molecule has 1 fully saturated rings. The van der Waals surface area contributed by atoms with Crippen molar-refractivity contribution in [3.8, 4) is 0 Å². The Balaban J connectivity index is 2.42. The van der Waals surface area contributed by atoms with Crippen molar-refractivity contribution in [1.29, 1.82) is 0 Å². The fourth-order valence-corrected chi connectivity index (χ4v) is 1.87. The van der Waals surface area contributed by atoms with Gasteiger partial charge in [0.25, 0.3) is 3.91 Å². The van der Waals surface area contributed by atoms with Crippen LogP contribution in [0.1, 0.15) is 20.8 Å². The number of piperazine rings is 1. The van der Waals surface area contributed by atoms with Crippen LogP contribution >= 0.6 is 22.6 Å². The van der Waals surface area contributed by atoms with E-state index in [4.69, 9.17) is 4.74 Å². The quantitative estimate of drug-likeness (QED) is 0.386. The molecule has 0 aromatic carbocycles. The second-order valence-electron chi connectivity index (χ2n) is 4.71. The second kappa shape index (κ2) is 5.20. The topological polar surface area (TPSA) is 49.9 Å². The van der Waals surface area contributed by atoms with Gasteiger partial charge in [-0.2, -0.15) is 0 Å². The van der Waals surface area contributed by atoms with Crippen molar-refractivity contribution in [3.63, 3.8) is 0 Å². The minimum atomic E-state index is -0.465. The maximum Gasteiger partial charge on any atom is 0.410 e. The Morgan fingerprint density at radius 2 is 1.50 bits per heavy atom. The first kappa shape index (κ1) is 13.5. The van der Waals surface area contributed by atoms with Gasteiger partial charge in [-0.3, -0.25) is 4.79 Å². The molecule has 0 bridgehead atoms. The second-order valence-corrected chi connectivity index (χ2v) is 5.63. The van der Waals surface area contributed by atoms with E-state index in [9.17, 15) is 9.59 Å². The van der Waals surface area contributed by atoms with Crippen molar-refractivity contribution in [2.24, 2.45) is 0 Å². The average Bonchev–Trinajstić information content (AvgIpc) is 2.15. The molecule has 0 N–H and O–H groups in total. The maximum atomic E-state index is 11.7. The summed E-state index contributed by atoms with van der Waals surface area (Å²) < 4.78 is 5.28. The van der Waals surface area contributed by atoms with Crippen molar-refractivity contribution in [2.45, 2.75) is 26.4 Å². The van der Waals surface area contributed by atoms with Gasteiger partial charge in [-0.05, 0) is 20.8 Å². The van der Waals surface area contributed by atoms with Crippen molar-refractivity contribution in [3.05, 3.63) is 0 Å². The van der Waals surface area contributed by atoms with Crippen LogP contribution in [0.5, 0.6) is 0 Å². The maximum absolute atomic E-state index is 11.7. The van der Waals surface area contributed by atoms with E-state index in [1.165, 1.54) is 0 Å². The molecule has 0 radical (unpaired) electrons. The van der Waals surface area contributed by atoms with Gasteiger partial charge in [-0.1, -0.05) is 0 Å². The lowest BCUT2D eigenvalue weighted by atomic mass is 10.2. The summed E-state index contributed by atoms with van der Waals surface area (Å²) in [6, 6.07) is 0. The Kier molecular flexibility index (Phi) is 4.40. The monoisotopic (exact) mass is 340 g/mol. The van der Waals surface area contributed by atoms with E-state index in [1.807, 2.05) is 20.8 Å². The number of hydrogen-bond acceptors (Lipinski definition) is 3. The van der Waals surface area contributed by atoms with Crippen LogP contribution in [-0.4, -0.2) is 51.6 Å². The van der Waals surface area contributed by atoms with Gasteiger partial charge in [-0.25, -0.2) is 4.79 Å². The molecule has 6 heteroatoms. The predicted molar refractivity (Wildman–Crippen MR) is 68.8 cm³/mol. The summed E-state index contributed by atoms with van der Waals surface area (Å²) in [7, 11) is 0. The number of ether oxygens (including phenoxy) is 1. The molecule has 0 saturated carbocycles. The van der Waals surface area contributed by atoms with Crippen molar-refractivity contribution >= 4 is 32.6 Å². The van der Waals surface area contributed by atoms with Gasteiger partial charge in [0.1, 0.15) is 5.60 Å². The summed E-state index contributed by atoms with van der Waals surface area (Å²) in [5.41, 5.74) is -0.465. The Morgan fingerprint density at radius 3 is 1.88 bits per heavy atom. The van der Waals surface area contributed by atoms with Gasteiger partial charge in [0.05, 0.1) is 0 Å². The van der Waals surface area contributed by atoms with E-state index in [0.29, 0.717) is 26.2 Å². The average molecular weight is 340 g/mol. The van der Waals surface area contributed by atoms with Crippen LogP contribution < -0.4 is 0 Å². The number of carbonyl (C=O) groups excluding carboxylic acids is 2. The van der Waals surface area contributed by atoms with Crippen LogP contribution in [0.25, 0.3) is 0 Å². The molecule has 1 heterocycles. The molecule has 1 saturated heterocycles. The molecule has 0 spiro atoms. The summed E-state index contributed by atoms with van der Waals surface area (Å²) in [6.07, 6.45) is -0.298. The summed E-state index contributed by atoms with van der Waals surface area (Å²) in [5, 5.41) is 0. The zero-order valence-electron chi connectivity index (χ0n) is 9.83. The lowest BCUT2D eigenvalue weighted by molar-refractivity contribution is 0.0178. The Labute approximate surface area is 109 Å². The highest BCUT2D eigenvalue weighted by Crippen LogP contribution is 2.12. The number of rotatable bonds is 0.